The first-order valence-electron chi connectivity index (χ1n) is 6.08. The van der Waals surface area contributed by atoms with Crippen LogP contribution in [0.2, 0.25) is 0 Å². The van der Waals surface area contributed by atoms with Crippen molar-refractivity contribution in [1.29, 1.82) is 0 Å². The molecule has 2 aromatic rings. The van der Waals surface area contributed by atoms with E-state index < -0.39 is 5.97 Å². The molecule has 1 aromatic heterocycles. The number of aromatic amines is 1. The number of nitrogens with zero attached hydrogens (tertiary/aromatic N) is 1. The summed E-state index contributed by atoms with van der Waals surface area (Å²) in [6.45, 7) is 3.07. The average molecular weight is 245 g/mol. The first-order valence-corrected chi connectivity index (χ1v) is 6.08. The summed E-state index contributed by atoms with van der Waals surface area (Å²) in [5.74, 6) is -0.119. The SMILES string of the molecule is C[C@]1(c2nc3c(C(=O)O)cccc3[nH]2)CCCN1. The average Bonchev–Trinajstić information content (AvgIpc) is 2.94. The molecule has 94 valence electrons. The van der Waals surface area contributed by atoms with Gasteiger partial charge in [0.1, 0.15) is 11.3 Å². The third-order valence-corrected chi connectivity index (χ3v) is 3.63. The van der Waals surface area contributed by atoms with Gasteiger partial charge in [-0.2, -0.15) is 0 Å². The van der Waals surface area contributed by atoms with Gasteiger partial charge >= 0.3 is 5.97 Å². The predicted octanol–water partition coefficient (Wildman–Crippen LogP) is 1.86. The van der Waals surface area contributed by atoms with Crippen LogP contribution in [0.3, 0.4) is 0 Å². The molecule has 0 amide bonds. The Hall–Kier alpha value is -1.88. The standard InChI is InChI=1S/C13H15N3O2/c1-13(6-3-7-14-13)12-15-9-5-2-4-8(11(17)18)10(9)16-12/h2,4-5,14H,3,6-7H2,1H3,(H,15,16)(H,17,18)/t13-/m1/s1. The van der Waals surface area contributed by atoms with Gasteiger partial charge in [0.15, 0.2) is 0 Å². The number of H-pyrrole nitrogens is 1. The van der Waals surface area contributed by atoms with Gasteiger partial charge in [0.2, 0.25) is 0 Å². The van der Waals surface area contributed by atoms with Crippen molar-refractivity contribution in [2.45, 2.75) is 25.3 Å². The fourth-order valence-electron chi connectivity index (χ4n) is 2.56. The number of fused-ring (bicyclic) bond motifs is 1. The molecule has 3 rings (SSSR count). The summed E-state index contributed by atoms with van der Waals surface area (Å²) in [5, 5.41) is 12.6. The molecular weight excluding hydrogens is 230 g/mol. The molecule has 0 aliphatic carbocycles. The Balaban J connectivity index is 2.16. The third kappa shape index (κ3) is 1.59. The molecule has 0 unspecified atom stereocenters. The molecule has 1 aromatic carbocycles. The maximum Gasteiger partial charge on any atom is 0.337 e. The Kier molecular flexibility index (Phi) is 2.38. The lowest BCUT2D eigenvalue weighted by Crippen LogP contribution is -2.34. The Morgan fingerprint density at radius 2 is 2.33 bits per heavy atom. The smallest absolute Gasteiger partial charge is 0.337 e. The number of nitrogens with one attached hydrogen (secondary N) is 2. The number of rotatable bonds is 2. The van der Waals surface area contributed by atoms with E-state index in [0.29, 0.717) is 5.52 Å². The quantitative estimate of drug-likeness (QED) is 0.754. The van der Waals surface area contributed by atoms with E-state index in [2.05, 4.69) is 22.2 Å². The van der Waals surface area contributed by atoms with Gasteiger partial charge in [-0.3, -0.25) is 0 Å². The first-order chi connectivity index (χ1) is 8.60. The largest absolute Gasteiger partial charge is 0.478 e. The number of aromatic carboxylic acids is 1. The number of hydrogen-bond acceptors (Lipinski definition) is 3. The van der Waals surface area contributed by atoms with Crippen molar-refractivity contribution in [2.75, 3.05) is 6.54 Å². The summed E-state index contributed by atoms with van der Waals surface area (Å²) in [7, 11) is 0. The van der Waals surface area contributed by atoms with E-state index >= 15 is 0 Å². The van der Waals surface area contributed by atoms with E-state index in [1.165, 1.54) is 0 Å². The van der Waals surface area contributed by atoms with Crippen molar-refractivity contribution in [3.05, 3.63) is 29.6 Å². The maximum absolute atomic E-state index is 11.2. The van der Waals surface area contributed by atoms with E-state index in [-0.39, 0.29) is 11.1 Å². The van der Waals surface area contributed by atoms with Gasteiger partial charge in [0, 0.05) is 0 Å². The minimum absolute atomic E-state index is 0.172. The van der Waals surface area contributed by atoms with Gasteiger partial charge in [-0.15, -0.1) is 0 Å². The molecule has 0 radical (unpaired) electrons. The van der Waals surface area contributed by atoms with Gasteiger partial charge in [0.25, 0.3) is 0 Å². The van der Waals surface area contributed by atoms with E-state index in [1.807, 2.05) is 6.07 Å². The molecule has 2 heterocycles. The normalized spacial score (nSPS) is 23.6. The Morgan fingerprint density at radius 3 is 3.00 bits per heavy atom. The van der Waals surface area contributed by atoms with Crippen molar-refractivity contribution in [1.82, 2.24) is 15.3 Å². The van der Waals surface area contributed by atoms with Gasteiger partial charge in [-0.1, -0.05) is 6.07 Å². The molecule has 0 spiro atoms. The second kappa shape index (κ2) is 3.81. The summed E-state index contributed by atoms with van der Waals surface area (Å²) in [6.07, 6.45) is 2.12. The van der Waals surface area contributed by atoms with Crippen LogP contribution in [-0.2, 0) is 5.54 Å². The fourth-order valence-corrected chi connectivity index (χ4v) is 2.56. The van der Waals surface area contributed by atoms with Gasteiger partial charge in [-0.25, -0.2) is 9.78 Å². The number of carboxylic acid groups (broad SMARTS) is 1. The molecule has 1 atom stereocenters. The van der Waals surface area contributed by atoms with Crippen LogP contribution in [0.1, 0.15) is 35.9 Å². The number of hydrogen-bond donors (Lipinski definition) is 3. The second-order valence-corrected chi connectivity index (χ2v) is 4.95. The van der Waals surface area contributed by atoms with Crippen LogP contribution >= 0.6 is 0 Å². The van der Waals surface area contributed by atoms with Crippen molar-refractivity contribution in [2.24, 2.45) is 0 Å². The molecule has 5 nitrogen and oxygen atoms in total. The van der Waals surface area contributed by atoms with Gasteiger partial charge in [-0.05, 0) is 38.4 Å². The predicted molar refractivity (Wildman–Crippen MR) is 67.6 cm³/mol. The van der Waals surface area contributed by atoms with Gasteiger partial charge < -0.3 is 15.4 Å². The zero-order valence-corrected chi connectivity index (χ0v) is 10.2. The zero-order chi connectivity index (χ0) is 12.8. The van der Waals surface area contributed by atoms with Crippen LogP contribution < -0.4 is 5.32 Å². The number of carboxylic acids is 1. The van der Waals surface area contributed by atoms with Crippen molar-refractivity contribution in [3.8, 4) is 0 Å². The van der Waals surface area contributed by atoms with Crippen LogP contribution in [0.15, 0.2) is 18.2 Å². The molecule has 1 saturated heterocycles. The zero-order valence-electron chi connectivity index (χ0n) is 10.2. The van der Waals surface area contributed by atoms with Crippen LogP contribution in [0.25, 0.3) is 11.0 Å². The Morgan fingerprint density at radius 1 is 1.50 bits per heavy atom. The topological polar surface area (TPSA) is 78.0 Å². The Bertz CT molecular complexity index is 612. The second-order valence-electron chi connectivity index (χ2n) is 4.95. The van der Waals surface area contributed by atoms with Crippen molar-refractivity contribution < 1.29 is 9.90 Å². The molecule has 18 heavy (non-hydrogen) atoms. The van der Waals surface area contributed by atoms with Crippen LogP contribution in [0.5, 0.6) is 0 Å². The number of aromatic nitrogens is 2. The molecular formula is C13H15N3O2. The van der Waals surface area contributed by atoms with E-state index in [9.17, 15) is 4.79 Å². The summed E-state index contributed by atoms with van der Waals surface area (Å²) < 4.78 is 0. The maximum atomic E-state index is 11.2. The van der Waals surface area contributed by atoms with Crippen LogP contribution in [-0.4, -0.2) is 27.6 Å². The molecule has 3 N–H and O–H groups in total. The monoisotopic (exact) mass is 245 g/mol. The summed E-state index contributed by atoms with van der Waals surface area (Å²) in [6, 6.07) is 5.18. The lowest BCUT2D eigenvalue weighted by atomic mass is 10.00. The highest BCUT2D eigenvalue weighted by Gasteiger charge is 2.33. The molecule has 0 saturated carbocycles. The minimum Gasteiger partial charge on any atom is -0.478 e. The Labute approximate surface area is 104 Å². The highest BCUT2D eigenvalue weighted by Crippen LogP contribution is 2.30. The number of benzene rings is 1. The fraction of sp³-hybridized carbons (Fsp3) is 0.385. The summed E-state index contributed by atoms with van der Waals surface area (Å²) in [5.41, 5.74) is 1.39. The first kappa shape index (κ1) is 11.2. The van der Waals surface area contributed by atoms with Crippen LogP contribution in [0.4, 0.5) is 0 Å². The molecule has 1 aliphatic rings. The van der Waals surface area contributed by atoms with Crippen molar-refractivity contribution in [3.63, 3.8) is 0 Å². The summed E-state index contributed by atoms with van der Waals surface area (Å²) in [4.78, 5) is 18.9. The van der Waals surface area contributed by atoms with E-state index in [1.54, 1.807) is 12.1 Å². The van der Waals surface area contributed by atoms with Gasteiger partial charge in [0.05, 0.1) is 16.6 Å². The van der Waals surface area contributed by atoms with Crippen LogP contribution in [0, 0.1) is 0 Å². The lowest BCUT2D eigenvalue weighted by Gasteiger charge is -2.21. The molecule has 5 heteroatoms. The molecule has 1 aliphatic heterocycles. The minimum atomic E-state index is -0.941. The number of carbonyl (C=O) groups is 1. The van der Waals surface area contributed by atoms with Crippen molar-refractivity contribution >= 4 is 17.0 Å². The van der Waals surface area contributed by atoms with E-state index in [4.69, 9.17) is 5.11 Å². The number of para-hydroxylation sites is 1. The number of imidazole rings is 1. The highest BCUT2D eigenvalue weighted by molar-refractivity contribution is 6.00. The third-order valence-electron chi connectivity index (χ3n) is 3.63. The highest BCUT2D eigenvalue weighted by atomic mass is 16.4. The van der Waals surface area contributed by atoms with E-state index in [0.717, 1.165) is 30.7 Å². The summed E-state index contributed by atoms with van der Waals surface area (Å²) >= 11 is 0. The molecule has 0 bridgehead atoms. The molecule has 1 fully saturated rings. The lowest BCUT2D eigenvalue weighted by molar-refractivity contribution is 0.0699.